The van der Waals surface area contributed by atoms with Gasteiger partial charge in [0.1, 0.15) is 5.69 Å². The van der Waals surface area contributed by atoms with Crippen LogP contribution in [-0.4, -0.2) is 34.9 Å². The third-order valence-electron chi connectivity index (χ3n) is 4.52. The number of amides is 1. The molecule has 1 aliphatic carbocycles. The van der Waals surface area contributed by atoms with Gasteiger partial charge >= 0.3 is 0 Å². The lowest BCUT2D eigenvalue weighted by Gasteiger charge is -2.28. The first kappa shape index (κ1) is 15.7. The number of methoxy groups -OCH3 is 1. The van der Waals surface area contributed by atoms with Crippen molar-refractivity contribution in [1.82, 2.24) is 15.1 Å². The topological polar surface area (TPSA) is 56.1 Å². The van der Waals surface area contributed by atoms with Crippen molar-refractivity contribution >= 4 is 5.91 Å². The summed E-state index contributed by atoms with van der Waals surface area (Å²) < 4.78 is 7.02. The van der Waals surface area contributed by atoms with Gasteiger partial charge < -0.3 is 10.1 Å². The second-order valence-corrected chi connectivity index (χ2v) is 6.09. The fourth-order valence-electron chi connectivity index (χ4n) is 3.13. The van der Waals surface area contributed by atoms with Crippen LogP contribution in [0.25, 0.3) is 11.3 Å². The van der Waals surface area contributed by atoms with Gasteiger partial charge in [-0.3, -0.25) is 9.48 Å². The monoisotopic (exact) mass is 313 g/mol. The predicted molar refractivity (Wildman–Crippen MR) is 89.2 cm³/mol. The molecule has 1 heterocycles. The number of nitrogens with one attached hydrogen (secondary N) is 1. The second kappa shape index (κ2) is 6.96. The number of nitrogens with zero attached hydrogens (tertiary/aromatic N) is 2. The van der Waals surface area contributed by atoms with E-state index < -0.39 is 0 Å². The zero-order valence-corrected chi connectivity index (χ0v) is 13.7. The number of benzene rings is 1. The Hall–Kier alpha value is -2.14. The van der Waals surface area contributed by atoms with Gasteiger partial charge in [0.25, 0.3) is 5.91 Å². The molecule has 0 spiro atoms. The predicted octanol–water partition coefficient (Wildman–Crippen LogP) is 2.77. The van der Waals surface area contributed by atoms with Crippen molar-refractivity contribution in [1.29, 1.82) is 0 Å². The number of aryl methyl sites for hydroxylation is 1. The van der Waals surface area contributed by atoms with Crippen LogP contribution in [-0.2, 0) is 11.8 Å². The lowest BCUT2D eigenvalue weighted by Crippen LogP contribution is -2.39. The SMILES string of the molecule is COC1CCC(NC(=O)c2cc(-c3ccccc3)nn2C)CC1. The zero-order valence-electron chi connectivity index (χ0n) is 13.7. The molecule has 0 radical (unpaired) electrons. The molecule has 0 aliphatic heterocycles. The van der Waals surface area contributed by atoms with Crippen LogP contribution in [0.4, 0.5) is 0 Å². The van der Waals surface area contributed by atoms with Crippen molar-refractivity contribution in [2.75, 3.05) is 7.11 Å². The average Bonchev–Trinajstić information content (AvgIpc) is 2.98. The van der Waals surface area contributed by atoms with E-state index in [0.717, 1.165) is 36.9 Å². The lowest BCUT2D eigenvalue weighted by atomic mass is 9.93. The standard InChI is InChI=1S/C18H23N3O2/c1-21-17(12-16(20-21)13-6-4-3-5-7-13)18(22)19-14-8-10-15(23-2)11-9-14/h3-7,12,14-15H,8-11H2,1-2H3,(H,19,22). The molecule has 122 valence electrons. The summed E-state index contributed by atoms with van der Waals surface area (Å²) >= 11 is 0. The van der Waals surface area contributed by atoms with E-state index in [1.807, 2.05) is 43.4 Å². The summed E-state index contributed by atoms with van der Waals surface area (Å²) in [4.78, 5) is 12.5. The summed E-state index contributed by atoms with van der Waals surface area (Å²) in [7, 11) is 3.56. The minimum absolute atomic E-state index is 0.0527. The molecular formula is C18H23N3O2. The molecule has 1 aromatic heterocycles. The Morgan fingerprint density at radius 3 is 2.57 bits per heavy atom. The van der Waals surface area contributed by atoms with Gasteiger partial charge in [-0.1, -0.05) is 30.3 Å². The van der Waals surface area contributed by atoms with E-state index in [2.05, 4.69) is 10.4 Å². The number of rotatable bonds is 4. The molecule has 2 aromatic rings. The van der Waals surface area contributed by atoms with Gasteiger partial charge in [-0.05, 0) is 31.7 Å². The first-order chi connectivity index (χ1) is 11.2. The fourth-order valence-corrected chi connectivity index (χ4v) is 3.13. The van der Waals surface area contributed by atoms with Crippen LogP contribution in [0.1, 0.15) is 36.2 Å². The van der Waals surface area contributed by atoms with Crippen molar-refractivity contribution < 1.29 is 9.53 Å². The third kappa shape index (κ3) is 3.62. The van der Waals surface area contributed by atoms with Gasteiger partial charge in [-0.25, -0.2) is 0 Å². The maximum absolute atomic E-state index is 12.5. The van der Waals surface area contributed by atoms with Gasteiger partial charge in [0.05, 0.1) is 11.8 Å². The largest absolute Gasteiger partial charge is 0.381 e. The number of carbonyl (C=O) groups excluding carboxylic acids is 1. The van der Waals surface area contributed by atoms with Crippen LogP contribution in [0.3, 0.4) is 0 Å². The number of aromatic nitrogens is 2. The molecule has 1 amide bonds. The van der Waals surface area contributed by atoms with Crippen molar-refractivity contribution in [3.05, 3.63) is 42.1 Å². The number of ether oxygens (including phenoxy) is 1. The molecule has 1 aliphatic rings. The van der Waals surface area contributed by atoms with E-state index in [1.54, 1.807) is 11.8 Å². The van der Waals surface area contributed by atoms with E-state index >= 15 is 0 Å². The van der Waals surface area contributed by atoms with Crippen LogP contribution >= 0.6 is 0 Å². The quantitative estimate of drug-likeness (QED) is 0.944. The molecule has 1 saturated carbocycles. The molecule has 1 fully saturated rings. The maximum atomic E-state index is 12.5. The number of carbonyl (C=O) groups is 1. The summed E-state index contributed by atoms with van der Waals surface area (Å²) in [5.74, 6) is -0.0527. The van der Waals surface area contributed by atoms with Crippen LogP contribution in [0.5, 0.6) is 0 Å². The molecule has 3 rings (SSSR count). The molecule has 5 heteroatoms. The second-order valence-electron chi connectivity index (χ2n) is 6.09. The molecule has 1 aromatic carbocycles. The zero-order chi connectivity index (χ0) is 16.2. The average molecular weight is 313 g/mol. The highest BCUT2D eigenvalue weighted by Crippen LogP contribution is 2.22. The summed E-state index contributed by atoms with van der Waals surface area (Å²) in [5.41, 5.74) is 2.43. The highest BCUT2D eigenvalue weighted by molar-refractivity contribution is 5.93. The van der Waals surface area contributed by atoms with Gasteiger partial charge in [-0.15, -0.1) is 0 Å². The Bertz CT molecular complexity index is 658. The van der Waals surface area contributed by atoms with E-state index in [9.17, 15) is 4.79 Å². The van der Waals surface area contributed by atoms with E-state index in [0.29, 0.717) is 11.8 Å². The van der Waals surface area contributed by atoms with Crippen LogP contribution in [0.15, 0.2) is 36.4 Å². The normalized spacial score (nSPS) is 21.1. The third-order valence-corrected chi connectivity index (χ3v) is 4.52. The van der Waals surface area contributed by atoms with Crippen LogP contribution in [0.2, 0.25) is 0 Å². The summed E-state index contributed by atoms with van der Waals surface area (Å²) in [6.07, 6.45) is 4.27. The van der Waals surface area contributed by atoms with Gasteiger partial charge in [0, 0.05) is 25.8 Å². The van der Waals surface area contributed by atoms with Gasteiger partial charge in [0.15, 0.2) is 0 Å². The first-order valence-corrected chi connectivity index (χ1v) is 8.10. The van der Waals surface area contributed by atoms with Crippen LogP contribution in [0, 0.1) is 0 Å². The Balaban J connectivity index is 1.67. The van der Waals surface area contributed by atoms with Crippen LogP contribution < -0.4 is 5.32 Å². The number of hydrogen-bond acceptors (Lipinski definition) is 3. The molecule has 23 heavy (non-hydrogen) atoms. The number of hydrogen-bond donors (Lipinski definition) is 1. The lowest BCUT2D eigenvalue weighted by molar-refractivity contribution is 0.0597. The highest BCUT2D eigenvalue weighted by atomic mass is 16.5. The molecule has 0 saturated heterocycles. The molecule has 5 nitrogen and oxygen atoms in total. The molecule has 0 bridgehead atoms. The van der Waals surface area contributed by atoms with Crippen molar-refractivity contribution in [3.63, 3.8) is 0 Å². The van der Waals surface area contributed by atoms with E-state index in [-0.39, 0.29) is 11.9 Å². The summed E-state index contributed by atoms with van der Waals surface area (Å²) in [5, 5.41) is 7.59. The molecular weight excluding hydrogens is 290 g/mol. The Morgan fingerprint density at radius 1 is 1.22 bits per heavy atom. The molecule has 1 N–H and O–H groups in total. The maximum Gasteiger partial charge on any atom is 0.269 e. The van der Waals surface area contributed by atoms with Gasteiger partial charge in [0.2, 0.25) is 0 Å². The fraction of sp³-hybridized carbons (Fsp3) is 0.444. The van der Waals surface area contributed by atoms with Gasteiger partial charge in [-0.2, -0.15) is 5.10 Å². The Morgan fingerprint density at radius 2 is 1.91 bits per heavy atom. The summed E-state index contributed by atoms with van der Waals surface area (Å²) in [6.45, 7) is 0. The minimum Gasteiger partial charge on any atom is -0.381 e. The van der Waals surface area contributed by atoms with Crippen molar-refractivity contribution in [3.8, 4) is 11.3 Å². The Kier molecular flexibility index (Phi) is 4.76. The Labute approximate surface area is 136 Å². The smallest absolute Gasteiger partial charge is 0.269 e. The minimum atomic E-state index is -0.0527. The summed E-state index contributed by atoms with van der Waals surface area (Å²) in [6, 6.07) is 12.0. The van der Waals surface area contributed by atoms with Crippen molar-refractivity contribution in [2.24, 2.45) is 7.05 Å². The van der Waals surface area contributed by atoms with E-state index in [1.165, 1.54) is 0 Å². The van der Waals surface area contributed by atoms with Crippen molar-refractivity contribution in [2.45, 2.75) is 37.8 Å². The van der Waals surface area contributed by atoms with E-state index in [4.69, 9.17) is 4.74 Å². The molecule has 0 atom stereocenters. The molecule has 0 unspecified atom stereocenters. The first-order valence-electron chi connectivity index (χ1n) is 8.10. The highest BCUT2D eigenvalue weighted by Gasteiger charge is 2.23.